The highest BCUT2D eigenvalue weighted by molar-refractivity contribution is 7.13. The monoisotopic (exact) mass is 487 g/mol. The van der Waals surface area contributed by atoms with Crippen LogP contribution >= 0.6 is 22.9 Å². The Kier molecular flexibility index (Phi) is 5.27. The van der Waals surface area contributed by atoms with E-state index in [-0.39, 0.29) is 17.9 Å². The number of amides is 1. The highest BCUT2D eigenvalue weighted by Gasteiger charge is 2.36. The summed E-state index contributed by atoms with van der Waals surface area (Å²) in [5.41, 5.74) is 2.64. The average Bonchev–Trinajstić information content (AvgIpc) is 3.51. The molecule has 0 saturated heterocycles. The van der Waals surface area contributed by atoms with Crippen molar-refractivity contribution in [2.75, 3.05) is 0 Å². The van der Waals surface area contributed by atoms with Gasteiger partial charge in [0.25, 0.3) is 5.91 Å². The lowest BCUT2D eigenvalue weighted by Gasteiger charge is -2.35. The van der Waals surface area contributed by atoms with Gasteiger partial charge in [-0.25, -0.2) is 4.98 Å². The number of carbonyl (C=O) groups is 1. The lowest BCUT2D eigenvalue weighted by Crippen LogP contribution is -2.44. The first-order valence-electron chi connectivity index (χ1n) is 10.8. The third kappa shape index (κ3) is 3.63. The standard InChI is InChI=1S/C24H18ClN7OS/c25-17-4-1-2-6-19(17)32-21(30-31-22(32)24-28-10-11-34-24)14-12-15(13-14)29-23(33)16-7-9-26-18-5-3-8-27-20(16)18/h1-11,14-15H,12-13H2,(H,29,33). The van der Waals surface area contributed by atoms with Crippen LogP contribution in [0, 0.1) is 0 Å². The van der Waals surface area contributed by atoms with Crippen LogP contribution in [0.4, 0.5) is 0 Å². The normalized spacial score (nSPS) is 17.4. The predicted molar refractivity (Wildman–Crippen MR) is 130 cm³/mol. The number of hydrogen-bond acceptors (Lipinski definition) is 7. The SMILES string of the molecule is O=C(NC1CC(c2nnc(-c3nccs3)n2-c2ccccc2Cl)C1)c1ccnc2cccnc12. The van der Waals surface area contributed by atoms with E-state index in [1.165, 1.54) is 11.3 Å². The molecule has 8 nitrogen and oxygen atoms in total. The molecule has 5 aromatic rings. The minimum atomic E-state index is -0.148. The van der Waals surface area contributed by atoms with Crippen molar-refractivity contribution in [2.45, 2.75) is 24.8 Å². The van der Waals surface area contributed by atoms with Gasteiger partial charge in [0.05, 0.1) is 21.8 Å². The van der Waals surface area contributed by atoms with Crippen molar-refractivity contribution in [1.29, 1.82) is 0 Å². The van der Waals surface area contributed by atoms with Crippen molar-refractivity contribution in [1.82, 2.24) is 35.0 Å². The van der Waals surface area contributed by atoms with Gasteiger partial charge >= 0.3 is 0 Å². The molecule has 0 radical (unpaired) electrons. The van der Waals surface area contributed by atoms with Crippen molar-refractivity contribution in [3.8, 4) is 16.5 Å². The van der Waals surface area contributed by atoms with Crippen LogP contribution in [0.2, 0.25) is 5.02 Å². The molecule has 168 valence electrons. The number of halogens is 1. The number of nitrogens with zero attached hydrogens (tertiary/aromatic N) is 6. The summed E-state index contributed by atoms with van der Waals surface area (Å²) in [5.74, 6) is 1.47. The Morgan fingerprint density at radius 2 is 1.88 bits per heavy atom. The number of nitrogens with one attached hydrogen (secondary N) is 1. The van der Waals surface area contributed by atoms with Gasteiger partial charge in [0.2, 0.25) is 0 Å². The van der Waals surface area contributed by atoms with Crippen molar-refractivity contribution in [3.63, 3.8) is 0 Å². The molecule has 1 aliphatic carbocycles. The first-order valence-corrected chi connectivity index (χ1v) is 12.1. The topological polar surface area (TPSA) is 98.5 Å². The Labute approximate surface area is 203 Å². The molecule has 0 aliphatic heterocycles. The van der Waals surface area contributed by atoms with Crippen molar-refractivity contribution >= 4 is 39.9 Å². The van der Waals surface area contributed by atoms with Crippen LogP contribution in [0.15, 0.2) is 66.4 Å². The van der Waals surface area contributed by atoms with Crippen LogP contribution in [0.1, 0.15) is 34.9 Å². The van der Waals surface area contributed by atoms with Crippen LogP contribution in [-0.4, -0.2) is 41.7 Å². The van der Waals surface area contributed by atoms with Crippen molar-refractivity contribution < 1.29 is 4.79 Å². The fourth-order valence-electron chi connectivity index (χ4n) is 4.28. The highest BCUT2D eigenvalue weighted by Crippen LogP contribution is 2.40. The van der Waals surface area contributed by atoms with E-state index in [4.69, 9.17) is 11.6 Å². The number of pyridine rings is 2. The first-order chi connectivity index (χ1) is 16.7. The molecule has 10 heteroatoms. The van der Waals surface area contributed by atoms with Crippen molar-refractivity contribution in [3.05, 3.63) is 82.8 Å². The predicted octanol–water partition coefficient (Wildman–Crippen LogP) is 4.66. The maximum Gasteiger partial charge on any atom is 0.253 e. The molecule has 4 heterocycles. The number of hydrogen-bond donors (Lipinski definition) is 1. The summed E-state index contributed by atoms with van der Waals surface area (Å²) in [5, 5.41) is 15.4. The van der Waals surface area contributed by atoms with Gasteiger partial charge in [0, 0.05) is 35.9 Å². The number of para-hydroxylation sites is 1. The third-order valence-electron chi connectivity index (χ3n) is 5.98. The van der Waals surface area contributed by atoms with Gasteiger partial charge in [-0.1, -0.05) is 23.7 Å². The molecule has 4 aromatic heterocycles. The molecule has 34 heavy (non-hydrogen) atoms. The number of aromatic nitrogens is 6. The molecule has 1 saturated carbocycles. The minimum Gasteiger partial charge on any atom is -0.349 e. The maximum atomic E-state index is 13.0. The van der Waals surface area contributed by atoms with Gasteiger partial charge < -0.3 is 5.32 Å². The van der Waals surface area contributed by atoms with E-state index in [1.807, 2.05) is 46.3 Å². The van der Waals surface area contributed by atoms with E-state index < -0.39 is 0 Å². The second-order valence-electron chi connectivity index (χ2n) is 8.07. The molecule has 0 atom stereocenters. The molecule has 0 unspecified atom stereocenters. The molecule has 0 bridgehead atoms. The molecule has 1 fully saturated rings. The minimum absolute atomic E-state index is 0.0316. The molecular formula is C24H18ClN7OS. The molecular weight excluding hydrogens is 470 g/mol. The molecule has 6 rings (SSSR count). The maximum absolute atomic E-state index is 13.0. The molecule has 1 aliphatic rings. The number of carbonyl (C=O) groups excluding carboxylic acids is 1. The van der Waals surface area contributed by atoms with Gasteiger partial charge in [-0.05, 0) is 43.2 Å². The lowest BCUT2D eigenvalue weighted by atomic mass is 9.79. The van der Waals surface area contributed by atoms with Crippen LogP contribution in [0.3, 0.4) is 0 Å². The lowest BCUT2D eigenvalue weighted by molar-refractivity contribution is 0.0908. The zero-order chi connectivity index (χ0) is 23.1. The van der Waals surface area contributed by atoms with Crippen LogP contribution in [0.25, 0.3) is 27.6 Å². The van der Waals surface area contributed by atoms with E-state index >= 15 is 0 Å². The second kappa shape index (κ2) is 8.58. The molecule has 1 N–H and O–H groups in total. The van der Waals surface area contributed by atoms with E-state index in [1.54, 1.807) is 24.7 Å². The Morgan fingerprint density at radius 1 is 1.00 bits per heavy atom. The summed E-state index contributed by atoms with van der Waals surface area (Å²) >= 11 is 8.04. The highest BCUT2D eigenvalue weighted by atomic mass is 35.5. The van der Waals surface area contributed by atoms with E-state index in [9.17, 15) is 4.79 Å². The summed E-state index contributed by atoms with van der Waals surface area (Å²) in [6.45, 7) is 0. The van der Waals surface area contributed by atoms with E-state index in [2.05, 4.69) is 30.5 Å². The number of rotatable bonds is 5. The van der Waals surface area contributed by atoms with Crippen molar-refractivity contribution in [2.24, 2.45) is 0 Å². The Morgan fingerprint density at radius 3 is 2.71 bits per heavy atom. The van der Waals surface area contributed by atoms with Gasteiger partial charge in [-0.3, -0.25) is 19.3 Å². The largest absolute Gasteiger partial charge is 0.349 e. The average molecular weight is 488 g/mol. The van der Waals surface area contributed by atoms with E-state index in [0.717, 1.165) is 29.4 Å². The summed E-state index contributed by atoms with van der Waals surface area (Å²) in [7, 11) is 0. The zero-order valence-electron chi connectivity index (χ0n) is 17.8. The summed E-state index contributed by atoms with van der Waals surface area (Å²) in [6.07, 6.45) is 6.56. The van der Waals surface area contributed by atoms with Gasteiger partial charge in [-0.2, -0.15) is 0 Å². The summed E-state index contributed by atoms with van der Waals surface area (Å²) < 4.78 is 1.99. The second-order valence-corrected chi connectivity index (χ2v) is 9.38. The molecule has 0 spiro atoms. The zero-order valence-corrected chi connectivity index (χ0v) is 19.4. The van der Waals surface area contributed by atoms with Gasteiger partial charge in [0.15, 0.2) is 10.8 Å². The van der Waals surface area contributed by atoms with E-state index in [0.29, 0.717) is 27.4 Å². The van der Waals surface area contributed by atoms with Gasteiger partial charge in [-0.15, -0.1) is 21.5 Å². The summed E-state index contributed by atoms with van der Waals surface area (Å²) in [6, 6.07) is 13.0. The number of fused-ring (bicyclic) bond motifs is 1. The van der Waals surface area contributed by atoms with Gasteiger partial charge in [0.1, 0.15) is 11.3 Å². The number of benzene rings is 1. The smallest absolute Gasteiger partial charge is 0.253 e. The Bertz CT molecular complexity index is 1490. The third-order valence-corrected chi connectivity index (χ3v) is 7.07. The Balaban J connectivity index is 1.25. The fourth-order valence-corrected chi connectivity index (χ4v) is 5.11. The van der Waals surface area contributed by atoms with Crippen LogP contribution < -0.4 is 5.32 Å². The van der Waals surface area contributed by atoms with Crippen LogP contribution in [0.5, 0.6) is 0 Å². The fraction of sp³-hybridized carbons (Fsp3) is 0.167. The molecule has 1 aromatic carbocycles. The molecule has 1 amide bonds. The van der Waals surface area contributed by atoms with Crippen LogP contribution in [-0.2, 0) is 0 Å². The quantitative estimate of drug-likeness (QED) is 0.387. The summed E-state index contributed by atoms with van der Waals surface area (Å²) in [4.78, 5) is 26.0. The number of thiazole rings is 1. The Hall–Kier alpha value is -3.69. The first kappa shape index (κ1) is 20.9.